The molecule has 104 valence electrons. The predicted octanol–water partition coefficient (Wildman–Crippen LogP) is 2.37. The van der Waals surface area contributed by atoms with Gasteiger partial charge >= 0.3 is 0 Å². The molecule has 0 aliphatic carbocycles. The van der Waals surface area contributed by atoms with Crippen molar-refractivity contribution in [2.45, 2.75) is 25.4 Å². The molecule has 1 saturated heterocycles. The van der Waals surface area contributed by atoms with E-state index in [1.165, 1.54) is 12.1 Å². The zero-order chi connectivity index (χ0) is 13.9. The van der Waals surface area contributed by atoms with Gasteiger partial charge in [0.1, 0.15) is 0 Å². The molecule has 1 aromatic heterocycles. The van der Waals surface area contributed by atoms with Crippen molar-refractivity contribution in [1.82, 2.24) is 10.1 Å². The van der Waals surface area contributed by atoms with Crippen molar-refractivity contribution in [2.24, 2.45) is 0 Å². The van der Waals surface area contributed by atoms with E-state index in [0.29, 0.717) is 23.7 Å². The first-order chi connectivity index (χ1) is 9.72. The summed E-state index contributed by atoms with van der Waals surface area (Å²) in [7, 11) is 0. The third-order valence-electron chi connectivity index (χ3n) is 3.23. The number of non-ortho nitro benzene ring substituents is 1. The molecule has 0 spiro atoms. The maximum Gasteiger partial charge on any atom is 0.269 e. The van der Waals surface area contributed by atoms with Gasteiger partial charge in [0.25, 0.3) is 11.6 Å². The van der Waals surface area contributed by atoms with Crippen LogP contribution in [0.1, 0.15) is 18.7 Å². The summed E-state index contributed by atoms with van der Waals surface area (Å²) in [5, 5.41) is 14.5. The molecule has 0 N–H and O–H groups in total. The van der Waals surface area contributed by atoms with Crippen molar-refractivity contribution in [1.29, 1.82) is 0 Å². The van der Waals surface area contributed by atoms with E-state index in [1.807, 2.05) is 0 Å². The average Bonchev–Trinajstić information content (AvgIpc) is 3.11. The molecule has 1 aromatic carbocycles. The molecule has 20 heavy (non-hydrogen) atoms. The van der Waals surface area contributed by atoms with E-state index in [-0.39, 0.29) is 11.8 Å². The molecule has 7 heteroatoms. The number of hydrogen-bond acceptors (Lipinski definition) is 6. The normalized spacial score (nSPS) is 18.3. The Bertz CT molecular complexity index is 602. The van der Waals surface area contributed by atoms with E-state index in [9.17, 15) is 10.1 Å². The van der Waals surface area contributed by atoms with Gasteiger partial charge in [-0.15, -0.1) is 0 Å². The fourth-order valence-electron chi connectivity index (χ4n) is 2.19. The summed E-state index contributed by atoms with van der Waals surface area (Å²) in [6.07, 6.45) is 2.88. The lowest BCUT2D eigenvalue weighted by Crippen LogP contribution is -2.09. The van der Waals surface area contributed by atoms with E-state index >= 15 is 0 Å². The minimum Gasteiger partial charge on any atom is -0.378 e. The summed E-state index contributed by atoms with van der Waals surface area (Å²) in [5.74, 6) is 0.971. The molecule has 1 aliphatic rings. The van der Waals surface area contributed by atoms with Crippen molar-refractivity contribution in [3.63, 3.8) is 0 Å². The van der Waals surface area contributed by atoms with Gasteiger partial charge in [-0.25, -0.2) is 0 Å². The molecule has 3 rings (SSSR count). The van der Waals surface area contributed by atoms with Crippen molar-refractivity contribution >= 4 is 5.69 Å². The van der Waals surface area contributed by atoms with Crippen LogP contribution in [0.4, 0.5) is 5.69 Å². The van der Waals surface area contributed by atoms with Crippen LogP contribution >= 0.6 is 0 Å². The Labute approximate surface area is 114 Å². The lowest BCUT2D eigenvalue weighted by Gasteiger charge is -2.03. The molecule has 1 aliphatic heterocycles. The summed E-state index contributed by atoms with van der Waals surface area (Å²) in [5.41, 5.74) is 0.703. The number of hydrogen-bond donors (Lipinski definition) is 0. The molecule has 0 radical (unpaired) electrons. The second-order valence-corrected chi connectivity index (χ2v) is 4.66. The van der Waals surface area contributed by atoms with Crippen LogP contribution in [-0.2, 0) is 11.2 Å². The second-order valence-electron chi connectivity index (χ2n) is 4.66. The number of nitrogens with zero attached hydrogens (tertiary/aromatic N) is 3. The highest BCUT2D eigenvalue weighted by molar-refractivity contribution is 5.55. The van der Waals surface area contributed by atoms with Gasteiger partial charge in [-0.1, -0.05) is 5.16 Å². The van der Waals surface area contributed by atoms with Crippen molar-refractivity contribution in [2.75, 3.05) is 6.61 Å². The quantitative estimate of drug-likeness (QED) is 0.628. The average molecular weight is 275 g/mol. The maximum absolute atomic E-state index is 10.6. The summed E-state index contributed by atoms with van der Waals surface area (Å²) < 4.78 is 10.7. The van der Waals surface area contributed by atoms with Gasteiger partial charge in [0.2, 0.25) is 0 Å². The van der Waals surface area contributed by atoms with Crippen molar-refractivity contribution < 1.29 is 14.2 Å². The molecular formula is C13H13N3O4. The maximum atomic E-state index is 10.6. The van der Waals surface area contributed by atoms with Gasteiger partial charge in [-0.2, -0.15) is 4.98 Å². The lowest BCUT2D eigenvalue weighted by molar-refractivity contribution is -0.384. The number of aromatic nitrogens is 2. The Morgan fingerprint density at radius 3 is 2.80 bits per heavy atom. The number of nitro groups is 1. The Morgan fingerprint density at radius 2 is 2.15 bits per heavy atom. The highest BCUT2D eigenvalue weighted by Crippen LogP contribution is 2.22. The second kappa shape index (κ2) is 5.38. The van der Waals surface area contributed by atoms with Crippen LogP contribution in [0.2, 0.25) is 0 Å². The van der Waals surface area contributed by atoms with Crippen LogP contribution < -0.4 is 0 Å². The summed E-state index contributed by atoms with van der Waals surface area (Å²) >= 11 is 0. The highest BCUT2D eigenvalue weighted by atomic mass is 16.6. The summed E-state index contributed by atoms with van der Waals surface area (Å²) in [6, 6.07) is 6.03. The molecule has 0 saturated carbocycles. The molecular weight excluding hydrogens is 262 g/mol. The molecule has 2 heterocycles. The minimum absolute atomic E-state index is 0.0350. The fraction of sp³-hybridized carbons (Fsp3) is 0.385. The third-order valence-corrected chi connectivity index (χ3v) is 3.23. The van der Waals surface area contributed by atoms with Gasteiger partial charge < -0.3 is 9.26 Å². The van der Waals surface area contributed by atoms with Crippen LogP contribution in [0.5, 0.6) is 0 Å². The Balaban J connectivity index is 1.73. The van der Waals surface area contributed by atoms with Crippen molar-refractivity contribution in [3.05, 3.63) is 40.2 Å². The smallest absolute Gasteiger partial charge is 0.269 e. The van der Waals surface area contributed by atoms with Crippen LogP contribution in [0, 0.1) is 10.1 Å². The topological polar surface area (TPSA) is 91.3 Å². The van der Waals surface area contributed by atoms with Gasteiger partial charge in [-0.3, -0.25) is 10.1 Å². The van der Waals surface area contributed by atoms with Crippen molar-refractivity contribution in [3.8, 4) is 11.5 Å². The number of ether oxygens (including phenoxy) is 1. The highest BCUT2D eigenvalue weighted by Gasteiger charge is 2.19. The monoisotopic (exact) mass is 275 g/mol. The van der Waals surface area contributed by atoms with Gasteiger partial charge in [0.05, 0.1) is 11.0 Å². The molecule has 2 aromatic rings. The number of nitro benzene ring substituents is 1. The summed E-state index contributed by atoms with van der Waals surface area (Å²) in [6.45, 7) is 0.789. The van der Waals surface area contributed by atoms with E-state index in [4.69, 9.17) is 9.26 Å². The predicted molar refractivity (Wildman–Crippen MR) is 69.1 cm³/mol. The largest absolute Gasteiger partial charge is 0.378 e. The first-order valence-corrected chi connectivity index (χ1v) is 6.41. The van der Waals surface area contributed by atoms with Crippen LogP contribution in [0.15, 0.2) is 28.8 Å². The lowest BCUT2D eigenvalue weighted by atomic mass is 10.2. The Morgan fingerprint density at radius 1 is 1.35 bits per heavy atom. The van der Waals surface area contributed by atoms with Crippen LogP contribution in [0.25, 0.3) is 11.5 Å². The van der Waals surface area contributed by atoms with Gasteiger partial charge in [0, 0.05) is 30.7 Å². The van der Waals surface area contributed by atoms with E-state index in [0.717, 1.165) is 19.4 Å². The molecule has 1 atom stereocenters. The first-order valence-electron chi connectivity index (χ1n) is 6.41. The molecule has 7 nitrogen and oxygen atoms in total. The zero-order valence-corrected chi connectivity index (χ0v) is 10.7. The van der Waals surface area contributed by atoms with E-state index in [1.54, 1.807) is 12.1 Å². The Kier molecular flexibility index (Phi) is 3.42. The summed E-state index contributed by atoms with van der Waals surface area (Å²) in [4.78, 5) is 14.4. The van der Waals surface area contributed by atoms with Gasteiger partial charge in [0.15, 0.2) is 5.82 Å². The fourth-order valence-corrected chi connectivity index (χ4v) is 2.19. The minimum atomic E-state index is -0.444. The zero-order valence-electron chi connectivity index (χ0n) is 10.7. The first kappa shape index (κ1) is 12.7. The van der Waals surface area contributed by atoms with Gasteiger partial charge in [-0.05, 0) is 25.0 Å². The van der Waals surface area contributed by atoms with E-state index in [2.05, 4.69) is 10.1 Å². The number of benzene rings is 1. The standard InChI is InChI=1S/C13H13N3O4/c17-16(18)10-5-3-9(4-6-10)13-14-12(15-20-13)8-11-2-1-7-19-11/h3-6,11H,1-2,7-8H2/t11-/m0/s1. The molecule has 0 bridgehead atoms. The van der Waals surface area contributed by atoms with E-state index < -0.39 is 4.92 Å². The SMILES string of the molecule is O=[N+]([O-])c1ccc(-c2nc(C[C@@H]3CCCO3)no2)cc1. The number of rotatable bonds is 4. The molecule has 0 unspecified atom stereocenters. The Hall–Kier alpha value is -2.28. The molecule has 1 fully saturated rings. The molecule has 0 amide bonds. The third kappa shape index (κ3) is 2.67. The van der Waals surface area contributed by atoms with Crippen LogP contribution in [-0.4, -0.2) is 27.8 Å². The van der Waals surface area contributed by atoms with Crippen LogP contribution in [0.3, 0.4) is 0 Å².